The summed E-state index contributed by atoms with van der Waals surface area (Å²) in [5.41, 5.74) is -0.307. The van der Waals surface area contributed by atoms with Gasteiger partial charge in [0.1, 0.15) is 12.9 Å². The minimum atomic E-state index is -0.307. The summed E-state index contributed by atoms with van der Waals surface area (Å²) in [5, 5.41) is 6.30. The molecular formula is C8H12N4O2. The van der Waals surface area contributed by atoms with Crippen LogP contribution in [0.5, 0.6) is 0 Å². The van der Waals surface area contributed by atoms with Crippen LogP contribution in [-0.4, -0.2) is 26.8 Å². The van der Waals surface area contributed by atoms with E-state index < -0.39 is 0 Å². The summed E-state index contributed by atoms with van der Waals surface area (Å²) in [4.78, 5) is 22.4. The molecule has 0 aliphatic heterocycles. The van der Waals surface area contributed by atoms with Gasteiger partial charge < -0.3 is 5.32 Å². The van der Waals surface area contributed by atoms with Gasteiger partial charge in [0.25, 0.3) is 0 Å². The number of aromatic nitrogens is 3. The smallest absolute Gasteiger partial charge is 0.345 e. The van der Waals surface area contributed by atoms with Crippen LogP contribution in [0.15, 0.2) is 23.8 Å². The molecule has 0 bridgehead atoms. The van der Waals surface area contributed by atoms with Gasteiger partial charge in [0.05, 0.1) is 0 Å². The summed E-state index contributed by atoms with van der Waals surface area (Å²) in [6.45, 7) is 3.79. The molecule has 0 unspecified atom stereocenters. The summed E-state index contributed by atoms with van der Waals surface area (Å²) in [7, 11) is 1.58. The Hall–Kier alpha value is -1.85. The molecule has 0 aliphatic rings. The molecular weight excluding hydrogens is 184 g/mol. The van der Waals surface area contributed by atoms with E-state index in [0.717, 1.165) is 4.68 Å². The Morgan fingerprint density at radius 1 is 1.79 bits per heavy atom. The molecule has 1 amide bonds. The molecule has 14 heavy (non-hydrogen) atoms. The van der Waals surface area contributed by atoms with Crippen LogP contribution in [0.25, 0.3) is 0 Å². The summed E-state index contributed by atoms with van der Waals surface area (Å²) < 4.78 is 2.40. The number of carbonyl (C=O) groups excluding carboxylic acids is 1. The lowest BCUT2D eigenvalue weighted by Gasteiger charge is -2.00. The van der Waals surface area contributed by atoms with E-state index in [2.05, 4.69) is 17.0 Å². The summed E-state index contributed by atoms with van der Waals surface area (Å²) >= 11 is 0. The molecule has 0 aromatic carbocycles. The average molecular weight is 196 g/mol. The summed E-state index contributed by atoms with van der Waals surface area (Å²) in [5.74, 6) is -0.259. The molecule has 1 aromatic heterocycles. The Bertz CT molecular complexity index is 390. The molecule has 0 spiro atoms. The van der Waals surface area contributed by atoms with Crippen molar-refractivity contribution >= 4 is 5.91 Å². The summed E-state index contributed by atoms with van der Waals surface area (Å²) in [6.07, 6.45) is 2.93. The zero-order chi connectivity index (χ0) is 10.6. The Morgan fingerprint density at radius 3 is 3.00 bits per heavy atom. The lowest BCUT2D eigenvalue weighted by Crippen LogP contribution is -2.33. The maximum absolute atomic E-state index is 11.2. The topological polar surface area (TPSA) is 68.9 Å². The van der Waals surface area contributed by atoms with Gasteiger partial charge >= 0.3 is 5.69 Å². The average Bonchev–Trinajstić information content (AvgIpc) is 2.46. The highest BCUT2D eigenvalue weighted by molar-refractivity contribution is 5.75. The van der Waals surface area contributed by atoms with E-state index in [1.807, 2.05) is 0 Å². The fourth-order valence-electron chi connectivity index (χ4n) is 0.907. The molecule has 0 saturated heterocycles. The Labute approximate surface area is 80.8 Å². The Morgan fingerprint density at radius 2 is 2.50 bits per heavy atom. The molecule has 0 saturated carbocycles. The monoisotopic (exact) mass is 196 g/mol. The molecule has 1 rings (SSSR count). The standard InChI is InChI=1S/C8H12N4O2/c1-3-4-9-7(13)5-12-8(14)11(2)6-10-12/h3,6H,1,4-5H2,2H3,(H,9,13). The minimum absolute atomic E-state index is 0.0620. The lowest BCUT2D eigenvalue weighted by molar-refractivity contribution is -0.121. The van der Waals surface area contributed by atoms with Crippen molar-refractivity contribution in [2.45, 2.75) is 6.54 Å². The van der Waals surface area contributed by atoms with Crippen LogP contribution < -0.4 is 11.0 Å². The van der Waals surface area contributed by atoms with Crippen molar-refractivity contribution in [2.24, 2.45) is 7.05 Å². The molecule has 6 heteroatoms. The van der Waals surface area contributed by atoms with Crippen molar-refractivity contribution in [3.8, 4) is 0 Å². The van der Waals surface area contributed by atoms with Crippen LogP contribution in [0.4, 0.5) is 0 Å². The van der Waals surface area contributed by atoms with Crippen molar-refractivity contribution < 1.29 is 4.79 Å². The van der Waals surface area contributed by atoms with E-state index in [-0.39, 0.29) is 18.1 Å². The SMILES string of the molecule is C=CCNC(=O)Cn1ncn(C)c1=O. The van der Waals surface area contributed by atoms with E-state index in [0.29, 0.717) is 6.54 Å². The normalized spacial score (nSPS) is 9.79. The van der Waals surface area contributed by atoms with Gasteiger partial charge in [0, 0.05) is 13.6 Å². The molecule has 0 radical (unpaired) electrons. The lowest BCUT2D eigenvalue weighted by atomic mass is 10.5. The van der Waals surface area contributed by atoms with E-state index in [1.54, 1.807) is 13.1 Å². The fraction of sp³-hybridized carbons (Fsp3) is 0.375. The van der Waals surface area contributed by atoms with Crippen LogP contribution in [0.3, 0.4) is 0 Å². The number of hydrogen-bond donors (Lipinski definition) is 1. The predicted molar refractivity (Wildman–Crippen MR) is 50.7 cm³/mol. The molecule has 1 N–H and O–H groups in total. The summed E-state index contributed by atoms with van der Waals surface area (Å²) in [6, 6.07) is 0. The van der Waals surface area contributed by atoms with Gasteiger partial charge in [-0.15, -0.1) is 6.58 Å². The number of carbonyl (C=O) groups is 1. The third-order valence-corrected chi connectivity index (χ3v) is 1.62. The molecule has 0 aliphatic carbocycles. The van der Waals surface area contributed by atoms with Crippen molar-refractivity contribution in [2.75, 3.05) is 6.54 Å². The third kappa shape index (κ3) is 2.32. The number of amides is 1. The first-order valence-electron chi connectivity index (χ1n) is 4.11. The number of nitrogens with zero attached hydrogens (tertiary/aromatic N) is 3. The van der Waals surface area contributed by atoms with Gasteiger partial charge in [0.15, 0.2) is 0 Å². The first-order valence-corrected chi connectivity index (χ1v) is 4.11. The first-order chi connectivity index (χ1) is 6.65. The van der Waals surface area contributed by atoms with E-state index in [1.165, 1.54) is 10.9 Å². The van der Waals surface area contributed by atoms with Gasteiger partial charge in [0.2, 0.25) is 5.91 Å². The third-order valence-electron chi connectivity index (χ3n) is 1.62. The maximum atomic E-state index is 11.2. The minimum Gasteiger partial charge on any atom is -0.351 e. The Kier molecular flexibility index (Phi) is 3.22. The number of aryl methyl sites for hydroxylation is 1. The van der Waals surface area contributed by atoms with Crippen LogP contribution in [0.2, 0.25) is 0 Å². The van der Waals surface area contributed by atoms with Crippen molar-refractivity contribution in [3.05, 3.63) is 29.5 Å². The number of rotatable bonds is 4. The zero-order valence-corrected chi connectivity index (χ0v) is 7.93. The maximum Gasteiger partial charge on any atom is 0.345 e. The first kappa shape index (κ1) is 10.2. The predicted octanol–water partition coefficient (Wildman–Crippen LogP) is -1.12. The van der Waals surface area contributed by atoms with Crippen LogP contribution in [0.1, 0.15) is 0 Å². The van der Waals surface area contributed by atoms with E-state index in [4.69, 9.17) is 0 Å². The van der Waals surface area contributed by atoms with E-state index >= 15 is 0 Å². The van der Waals surface area contributed by atoms with Gasteiger partial charge in [-0.2, -0.15) is 5.10 Å². The molecule has 6 nitrogen and oxygen atoms in total. The van der Waals surface area contributed by atoms with Gasteiger partial charge in [-0.05, 0) is 0 Å². The van der Waals surface area contributed by atoms with Gasteiger partial charge in [-0.1, -0.05) is 6.08 Å². The van der Waals surface area contributed by atoms with E-state index in [9.17, 15) is 9.59 Å². The zero-order valence-electron chi connectivity index (χ0n) is 7.93. The highest BCUT2D eigenvalue weighted by atomic mass is 16.2. The molecule has 1 aromatic rings. The largest absolute Gasteiger partial charge is 0.351 e. The number of nitrogens with one attached hydrogen (secondary N) is 1. The molecule has 0 atom stereocenters. The van der Waals surface area contributed by atoms with Gasteiger partial charge in [-0.25, -0.2) is 9.48 Å². The highest BCUT2D eigenvalue weighted by Crippen LogP contribution is 1.77. The molecule has 0 fully saturated rings. The van der Waals surface area contributed by atoms with Crippen LogP contribution in [-0.2, 0) is 18.4 Å². The van der Waals surface area contributed by atoms with Crippen molar-refractivity contribution in [1.82, 2.24) is 19.7 Å². The second-order valence-corrected chi connectivity index (χ2v) is 2.77. The molecule has 76 valence electrons. The van der Waals surface area contributed by atoms with Crippen LogP contribution >= 0.6 is 0 Å². The fourth-order valence-corrected chi connectivity index (χ4v) is 0.907. The van der Waals surface area contributed by atoms with Crippen LogP contribution in [0, 0.1) is 0 Å². The van der Waals surface area contributed by atoms with Crippen molar-refractivity contribution in [3.63, 3.8) is 0 Å². The van der Waals surface area contributed by atoms with Gasteiger partial charge in [-0.3, -0.25) is 9.36 Å². The Balaban J connectivity index is 2.60. The second-order valence-electron chi connectivity index (χ2n) is 2.77. The quantitative estimate of drug-likeness (QED) is 0.620. The highest BCUT2D eigenvalue weighted by Gasteiger charge is 2.05. The number of hydrogen-bond acceptors (Lipinski definition) is 3. The molecule has 1 heterocycles. The van der Waals surface area contributed by atoms with Crippen molar-refractivity contribution in [1.29, 1.82) is 0 Å². The second kappa shape index (κ2) is 4.40.